The minimum absolute atomic E-state index is 0.210. The van der Waals surface area contributed by atoms with Gasteiger partial charge in [0.1, 0.15) is 12.1 Å². The minimum atomic E-state index is -4.52. The number of Topliss-reactive ketones (excluding diaryl/α,β-unsaturated/α-hetero) is 1. The van der Waals surface area contributed by atoms with Crippen LogP contribution >= 0.6 is 0 Å². The number of hydrogen-bond acceptors (Lipinski definition) is 7. The monoisotopic (exact) mass is 614 g/mol. The summed E-state index contributed by atoms with van der Waals surface area (Å²) < 4.78 is 38.2. The van der Waals surface area contributed by atoms with Crippen LogP contribution in [0.4, 0.5) is 13.2 Å². The fraction of sp³-hybridized carbons (Fsp3) is 0.571. The van der Waals surface area contributed by atoms with Gasteiger partial charge in [0.05, 0.1) is 24.1 Å². The first-order valence-corrected chi connectivity index (χ1v) is 13.6. The molecule has 240 valence electrons. The van der Waals surface area contributed by atoms with Crippen molar-refractivity contribution in [1.29, 1.82) is 0 Å². The quantitative estimate of drug-likeness (QED) is 0.189. The molecule has 0 heterocycles. The Morgan fingerprint density at radius 3 is 1.84 bits per heavy atom. The summed E-state index contributed by atoms with van der Waals surface area (Å²) in [6, 6.07) is -0.872. The molecule has 1 aromatic carbocycles. The summed E-state index contributed by atoms with van der Waals surface area (Å²) in [6.45, 7) is 7.76. The summed E-state index contributed by atoms with van der Waals surface area (Å²) >= 11 is 0. The van der Waals surface area contributed by atoms with E-state index in [0.29, 0.717) is 5.56 Å². The van der Waals surface area contributed by atoms with Crippen molar-refractivity contribution in [3.63, 3.8) is 0 Å². The van der Waals surface area contributed by atoms with Gasteiger partial charge in [0.15, 0.2) is 0 Å². The van der Waals surface area contributed by atoms with Crippen LogP contribution in [0.15, 0.2) is 24.3 Å². The van der Waals surface area contributed by atoms with Gasteiger partial charge < -0.3 is 31.9 Å². The first-order chi connectivity index (χ1) is 19.8. The van der Waals surface area contributed by atoms with Crippen LogP contribution < -0.4 is 27.0 Å². The number of hydrogen-bond donors (Lipinski definition) is 5. The molecule has 0 spiro atoms. The van der Waals surface area contributed by atoms with E-state index in [4.69, 9.17) is 5.73 Å². The van der Waals surface area contributed by atoms with E-state index in [-0.39, 0.29) is 12.5 Å². The number of ketones is 1. The van der Waals surface area contributed by atoms with E-state index in [1.807, 2.05) is 0 Å². The molecule has 1 rings (SSSR count). The number of alkyl halides is 3. The van der Waals surface area contributed by atoms with Crippen LogP contribution in [0.1, 0.15) is 52.2 Å². The normalized spacial score (nSPS) is 14.3. The van der Waals surface area contributed by atoms with Gasteiger partial charge in [0.2, 0.25) is 29.4 Å². The van der Waals surface area contributed by atoms with E-state index in [9.17, 15) is 41.9 Å². The molecule has 5 amide bonds. The van der Waals surface area contributed by atoms with Crippen LogP contribution in [0.25, 0.3) is 0 Å². The number of nitrogens with two attached hydrogens (primary N) is 1. The Kier molecular flexibility index (Phi) is 13.8. The van der Waals surface area contributed by atoms with Gasteiger partial charge in [-0.25, -0.2) is 0 Å². The lowest BCUT2D eigenvalue weighted by atomic mass is 9.99. The molecular formula is C28H41F3N6O6. The van der Waals surface area contributed by atoms with Crippen molar-refractivity contribution in [2.75, 3.05) is 14.1 Å². The Bertz CT molecular complexity index is 1170. The van der Waals surface area contributed by atoms with E-state index in [2.05, 4.69) is 21.3 Å². The molecule has 2 unspecified atom stereocenters. The predicted octanol–water partition coefficient (Wildman–Crippen LogP) is 0.483. The maximum atomic E-state index is 13.1. The summed E-state index contributed by atoms with van der Waals surface area (Å²) in [5.41, 5.74) is 5.31. The van der Waals surface area contributed by atoms with Gasteiger partial charge in [-0.1, -0.05) is 39.8 Å². The van der Waals surface area contributed by atoms with Gasteiger partial charge in [-0.15, -0.1) is 0 Å². The van der Waals surface area contributed by atoms with Crippen molar-refractivity contribution >= 4 is 35.3 Å². The average molecular weight is 615 g/mol. The van der Waals surface area contributed by atoms with Crippen molar-refractivity contribution < 1.29 is 41.9 Å². The topological polar surface area (TPSA) is 180 Å². The molecule has 0 aliphatic carbocycles. The number of benzene rings is 1. The number of carbonyl (C=O) groups excluding carboxylic acids is 6. The summed E-state index contributed by atoms with van der Waals surface area (Å²) in [6.07, 6.45) is -5.01. The number of carbonyl (C=O) groups is 6. The molecule has 6 N–H and O–H groups in total. The lowest BCUT2D eigenvalue weighted by Gasteiger charge is -2.27. The zero-order valence-corrected chi connectivity index (χ0v) is 25.3. The average Bonchev–Trinajstić information content (AvgIpc) is 2.92. The molecule has 15 heteroatoms. The zero-order valence-electron chi connectivity index (χ0n) is 25.3. The minimum Gasteiger partial charge on any atom is -0.349 e. The second-order valence-corrected chi connectivity index (χ2v) is 11.0. The van der Waals surface area contributed by atoms with E-state index in [0.717, 1.165) is 24.3 Å². The van der Waals surface area contributed by atoms with E-state index < -0.39 is 83.6 Å². The van der Waals surface area contributed by atoms with Crippen molar-refractivity contribution in [2.24, 2.45) is 17.6 Å². The molecule has 0 saturated heterocycles. The molecule has 1 aromatic rings. The third-order valence-corrected chi connectivity index (χ3v) is 6.49. The molecule has 0 saturated carbocycles. The van der Waals surface area contributed by atoms with Crippen LogP contribution in [-0.2, 0) is 41.5 Å². The maximum Gasteiger partial charge on any atom is 0.416 e. The molecule has 0 aromatic heterocycles. The lowest BCUT2D eigenvalue weighted by Crippen LogP contribution is -2.59. The summed E-state index contributed by atoms with van der Waals surface area (Å²) in [4.78, 5) is 77.3. The number of nitrogens with one attached hydrogen (secondary N) is 4. The fourth-order valence-corrected chi connectivity index (χ4v) is 3.57. The summed E-state index contributed by atoms with van der Waals surface area (Å²) in [5, 5.41) is 9.60. The Balaban J connectivity index is 2.95. The molecule has 0 fully saturated rings. The summed E-state index contributed by atoms with van der Waals surface area (Å²) in [5.74, 6) is -5.62. The maximum absolute atomic E-state index is 13.1. The first kappa shape index (κ1) is 37.0. The number of rotatable bonds is 14. The first-order valence-electron chi connectivity index (χ1n) is 13.6. The Morgan fingerprint density at radius 2 is 1.37 bits per heavy atom. The van der Waals surface area contributed by atoms with Crippen LogP contribution in [0.5, 0.6) is 0 Å². The van der Waals surface area contributed by atoms with Crippen LogP contribution in [-0.4, -0.2) is 78.5 Å². The lowest BCUT2D eigenvalue weighted by molar-refractivity contribution is -0.141. The van der Waals surface area contributed by atoms with Crippen LogP contribution in [0, 0.1) is 11.8 Å². The Hall–Kier alpha value is -4.01. The van der Waals surface area contributed by atoms with E-state index in [1.165, 1.54) is 25.9 Å². The van der Waals surface area contributed by atoms with E-state index >= 15 is 0 Å². The van der Waals surface area contributed by atoms with Crippen molar-refractivity contribution in [3.8, 4) is 0 Å². The molecule has 0 radical (unpaired) electrons. The SMILES string of the molecule is CC(NC(=O)[C@H](CC(=O)N(C)C)NC(=O)C(NC(=O)[C@@H](N)C(C)C)C(C)C)C(=O)C(=O)NCc1ccc(C(F)(F)F)cc1. The van der Waals surface area contributed by atoms with Gasteiger partial charge in [0, 0.05) is 20.6 Å². The molecule has 0 bridgehead atoms. The number of amides is 5. The van der Waals surface area contributed by atoms with Gasteiger partial charge in [-0.3, -0.25) is 28.8 Å². The molecule has 12 nitrogen and oxygen atoms in total. The fourth-order valence-electron chi connectivity index (χ4n) is 3.57. The molecule has 4 atom stereocenters. The molecule has 0 aliphatic rings. The third kappa shape index (κ3) is 11.7. The molecule has 43 heavy (non-hydrogen) atoms. The zero-order chi connectivity index (χ0) is 33.2. The van der Waals surface area contributed by atoms with Gasteiger partial charge in [0.25, 0.3) is 5.91 Å². The van der Waals surface area contributed by atoms with Gasteiger partial charge in [-0.2, -0.15) is 13.2 Å². The van der Waals surface area contributed by atoms with Crippen molar-refractivity contribution in [2.45, 2.75) is 77.9 Å². The van der Waals surface area contributed by atoms with Crippen molar-refractivity contribution in [1.82, 2.24) is 26.2 Å². The summed E-state index contributed by atoms with van der Waals surface area (Å²) in [7, 11) is 2.88. The second-order valence-electron chi connectivity index (χ2n) is 11.0. The van der Waals surface area contributed by atoms with Gasteiger partial charge >= 0.3 is 6.18 Å². The largest absolute Gasteiger partial charge is 0.416 e. The van der Waals surface area contributed by atoms with Crippen LogP contribution in [0.2, 0.25) is 0 Å². The van der Waals surface area contributed by atoms with E-state index in [1.54, 1.807) is 27.7 Å². The smallest absolute Gasteiger partial charge is 0.349 e. The highest BCUT2D eigenvalue weighted by Gasteiger charge is 2.34. The Morgan fingerprint density at radius 1 is 0.814 bits per heavy atom. The Labute approximate surface area is 248 Å². The molecular weight excluding hydrogens is 573 g/mol. The standard InChI is InChI=1S/C28H41F3N6O6/c1-14(2)21(32)25(41)36-22(15(3)4)26(42)35-19(12-20(38)37(6)7)24(40)34-16(5)23(39)27(43)33-13-17-8-10-18(11-9-17)28(29,30)31/h8-11,14-16,19,21-22H,12-13,32H2,1-7H3,(H,33,43)(H,34,40)(H,35,42)(H,36,41)/t16?,19-,21-,22?/m0/s1. The third-order valence-electron chi connectivity index (χ3n) is 6.49. The highest BCUT2D eigenvalue weighted by molar-refractivity contribution is 6.38. The highest BCUT2D eigenvalue weighted by Crippen LogP contribution is 2.29. The highest BCUT2D eigenvalue weighted by atomic mass is 19.4. The van der Waals surface area contributed by atoms with Gasteiger partial charge in [-0.05, 0) is 36.5 Å². The molecule has 0 aliphatic heterocycles. The second kappa shape index (κ2) is 16.0. The van der Waals surface area contributed by atoms with Crippen LogP contribution in [0.3, 0.4) is 0 Å². The predicted molar refractivity (Wildman–Crippen MR) is 151 cm³/mol. The van der Waals surface area contributed by atoms with Crippen molar-refractivity contribution in [3.05, 3.63) is 35.4 Å². The number of halogens is 3. The number of nitrogens with zero attached hydrogens (tertiary/aromatic N) is 1.